The molecule has 2 heterocycles. The van der Waals surface area contributed by atoms with Crippen molar-refractivity contribution in [2.24, 2.45) is 7.05 Å². The highest BCUT2D eigenvalue weighted by Crippen LogP contribution is 2.43. The third-order valence-corrected chi connectivity index (χ3v) is 5.50. The second-order valence-corrected chi connectivity index (χ2v) is 7.07. The highest BCUT2D eigenvalue weighted by atomic mass is 35.5. The van der Waals surface area contributed by atoms with Gasteiger partial charge in [-0.3, -0.25) is 9.48 Å². The minimum atomic E-state index is -0.0817. The van der Waals surface area contributed by atoms with Crippen LogP contribution in [0.4, 0.5) is 0 Å². The van der Waals surface area contributed by atoms with E-state index in [0.717, 1.165) is 12.1 Å². The standard InChI is InChI=1S/C17H17Cl2N3O/c1-21-16(10-5-6-10)11-7-8-22(9-14(11)20-21)17(23)12-3-2-4-13(18)15(12)19/h2-4,10H,5-9H2,1H3. The predicted octanol–water partition coefficient (Wildman–Crippen LogP) is 3.80. The molecule has 4 nitrogen and oxygen atoms in total. The van der Waals surface area contributed by atoms with Gasteiger partial charge in [-0.05, 0) is 31.4 Å². The minimum absolute atomic E-state index is 0.0817. The largest absolute Gasteiger partial charge is 0.332 e. The van der Waals surface area contributed by atoms with Crippen LogP contribution in [0.1, 0.15) is 46.1 Å². The third kappa shape index (κ3) is 2.54. The second kappa shape index (κ2) is 5.53. The SMILES string of the molecule is Cn1nc2c(c1C1CC1)CCN(C(=O)c1cccc(Cl)c1Cl)C2. The number of halogens is 2. The Labute approximate surface area is 145 Å². The van der Waals surface area contributed by atoms with Gasteiger partial charge in [-0.1, -0.05) is 29.3 Å². The van der Waals surface area contributed by atoms with Crippen LogP contribution >= 0.6 is 23.2 Å². The van der Waals surface area contributed by atoms with Gasteiger partial charge in [-0.15, -0.1) is 0 Å². The van der Waals surface area contributed by atoms with Gasteiger partial charge in [0.2, 0.25) is 0 Å². The van der Waals surface area contributed by atoms with Crippen LogP contribution < -0.4 is 0 Å². The molecule has 0 saturated heterocycles. The number of nitrogens with zero attached hydrogens (tertiary/aromatic N) is 3. The lowest BCUT2D eigenvalue weighted by Gasteiger charge is -2.27. The molecule has 1 saturated carbocycles. The molecule has 1 aliphatic carbocycles. The molecule has 0 spiro atoms. The molecule has 0 unspecified atom stereocenters. The van der Waals surface area contributed by atoms with Crippen molar-refractivity contribution in [3.05, 3.63) is 50.8 Å². The zero-order chi connectivity index (χ0) is 16.1. The molecule has 120 valence electrons. The van der Waals surface area contributed by atoms with E-state index in [1.807, 2.05) is 16.6 Å². The summed E-state index contributed by atoms with van der Waals surface area (Å²) in [4.78, 5) is 14.6. The van der Waals surface area contributed by atoms with Crippen LogP contribution in [0, 0.1) is 0 Å². The summed E-state index contributed by atoms with van der Waals surface area (Å²) in [6.45, 7) is 1.23. The van der Waals surface area contributed by atoms with E-state index in [-0.39, 0.29) is 5.91 Å². The molecular weight excluding hydrogens is 333 g/mol. The Morgan fingerprint density at radius 2 is 2.09 bits per heavy atom. The number of hydrogen-bond donors (Lipinski definition) is 0. The number of carbonyl (C=O) groups excluding carboxylic acids is 1. The summed E-state index contributed by atoms with van der Waals surface area (Å²) >= 11 is 12.2. The van der Waals surface area contributed by atoms with E-state index in [4.69, 9.17) is 23.2 Å². The van der Waals surface area contributed by atoms with Crippen LogP contribution in [-0.4, -0.2) is 27.1 Å². The number of fused-ring (bicyclic) bond motifs is 1. The quantitative estimate of drug-likeness (QED) is 0.826. The monoisotopic (exact) mass is 349 g/mol. The second-order valence-electron chi connectivity index (χ2n) is 6.29. The molecule has 1 aromatic heterocycles. The van der Waals surface area contributed by atoms with Gasteiger partial charge in [0.1, 0.15) is 0 Å². The number of rotatable bonds is 2. The summed E-state index contributed by atoms with van der Waals surface area (Å²) in [6.07, 6.45) is 3.37. The third-order valence-electron chi connectivity index (χ3n) is 4.68. The van der Waals surface area contributed by atoms with E-state index >= 15 is 0 Å². The van der Waals surface area contributed by atoms with Gasteiger partial charge in [0.25, 0.3) is 5.91 Å². The fraction of sp³-hybridized carbons (Fsp3) is 0.412. The Morgan fingerprint density at radius 1 is 1.30 bits per heavy atom. The number of amides is 1. The van der Waals surface area contributed by atoms with Gasteiger partial charge in [-0.2, -0.15) is 5.10 Å². The smallest absolute Gasteiger partial charge is 0.255 e. The van der Waals surface area contributed by atoms with E-state index in [0.29, 0.717) is 34.6 Å². The van der Waals surface area contributed by atoms with Crippen LogP contribution in [0.15, 0.2) is 18.2 Å². The lowest BCUT2D eigenvalue weighted by molar-refractivity contribution is 0.0732. The maximum absolute atomic E-state index is 12.8. The number of hydrogen-bond acceptors (Lipinski definition) is 2. The summed E-state index contributed by atoms with van der Waals surface area (Å²) in [5.41, 5.74) is 4.19. The van der Waals surface area contributed by atoms with Crippen LogP contribution in [0.25, 0.3) is 0 Å². The lowest BCUT2D eigenvalue weighted by atomic mass is 10.0. The number of aromatic nitrogens is 2. The summed E-state index contributed by atoms with van der Waals surface area (Å²) in [5, 5.41) is 5.37. The molecule has 0 bridgehead atoms. The molecule has 6 heteroatoms. The highest BCUT2D eigenvalue weighted by molar-refractivity contribution is 6.43. The van der Waals surface area contributed by atoms with Crippen molar-refractivity contribution in [2.45, 2.75) is 31.7 Å². The average molecular weight is 350 g/mol. The maximum atomic E-state index is 12.8. The summed E-state index contributed by atoms with van der Waals surface area (Å²) in [6, 6.07) is 5.17. The molecule has 0 N–H and O–H groups in total. The normalized spacial score (nSPS) is 17.3. The van der Waals surface area contributed by atoms with Gasteiger partial charge >= 0.3 is 0 Å². The van der Waals surface area contributed by atoms with E-state index in [1.54, 1.807) is 18.2 Å². The lowest BCUT2D eigenvalue weighted by Crippen LogP contribution is -2.36. The molecule has 23 heavy (non-hydrogen) atoms. The zero-order valence-electron chi connectivity index (χ0n) is 12.9. The number of carbonyl (C=O) groups is 1. The van der Waals surface area contributed by atoms with E-state index in [2.05, 4.69) is 5.10 Å². The Bertz CT molecular complexity index is 795. The molecule has 4 rings (SSSR count). The van der Waals surface area contributed by atoms with Crippen molar-refractivity contribution >= 4 is 29.1 Å². The summed E-state index contributed by atoms with van der Waals surface area (Å²) < 4.78 is 2.00. The van der Waals surface area contributed by atoms with Crippen molar-refractivity contribution in [1.82, 2.24) is 14.7 Å². The van der Waals surface area contributed by atoms with Gasteiger partial charge in [0.05, 0.1) is 27.8 Å². The average Bonchev–Trinajstić information content (AvgIpc) is 3.31. The fourth-order valence-corrected chi connectivity index (χ4v) is 3.81. The van der Waals surface area contributed by atoms with Gasteiger partial charge in [0.15, 0.2) is 0 Å². The van der Waals surface area contributed by atoms with Crippen molar-refractivity contribution < 1.29 is 4.79 Å². The van der Waals surface area contributed by atoms with Crippen molar-refractivity contribution in [3.63, 3.8) is 0 Å². The molecule has 1 fully saturated rings. The summed E-state index contributed by atoms with van der Waals surface area (Å²) in [5.74, 6) is 0.586. The van der Waals surface area contributed by atoms with Gasteiger partial charge in [-0.25, -0.2) is 0 Å². The van der Waals surface area contributed by atoms with Gasteiger partial charge < -0.3 is 4.90 Å². The Hall–Kier alpha value is -1.52. The van der Waals surface area contributed by atoms with Crippen LogP contribution in [-0.2, 0) is 20.0 Å². The molecule has 2 aliphatic rings. The molecule has 0 atom stereocenters. The first-order valence-electron chi connectivity index (χ1n) is 7.84. The topological polar surface area (TPSA) is 38.1 Å². The maximum Gasteiger partial charge on any atom is 0.255 e. The van der Waals surface area contributed by atoms with Gasteiger partial charge in [0, 0.05) is 30.8 Å². The van der Waals surface area contributed by atoms with Crippen molar-refractivity contribution in [3.8, 4) is 0 Å². The minimum Gasteiger partial charge on any atom is -0.332 e. The predicted molar refractivity (Wildman–Crippen MR) is 90.1 cm³/mol. The highest BCUT2D eigenvalue weighted by Gasteiger charge is 2.34. The van der Waals surface area contributed by atoms with Crippen LogP contribution in [0.5, 0.6) is 0 Å². The number of benzene rings is 1. The summed E-state index contributed by atoms with van der Waals surface area (Å²) in [7, 11) is 2.01. The zero-order valence-corrected chi connectivity index (χ0v) is 14.4. The fourth-order valence-electron chi connectivity index (χ4n) is 3.42. The number of aryl methyl sites for hydroxylation is 1. The first kappa shape index (κ1) is 15.0. The van der Waals surface area contributed by atoms with E-state index in [9.17, 15) is 4.79 Å². The Balaban J connectivity index is 1.62. The molecule has 1 amide bonds. The van der Waals surface area contributed by atoms with Crippen LogP contribution in [0.3, 0.4) is 0 Å². The molecule has 1 aromatic carbocycles. The Kier molecular flexibility index (Phi) is 3.62. The molecule has 1 aliphatic heterocycles. The van der Waals surface area contributed by atoms with Crippen molar-refractivity contribution in [1.29, 1.82) is 0 Å². The molecule has 0 radical (unpaired) electrons. The van der Waals surface area contributed by atoms with Crippen LogP contribution in [0.2, 0.25) is 10.0 Å². The van der Waals surface area contributed by atoms with E-state index < -0.39 is 0 Å². The molecule has 2 aromatic rings. The Morgan fingerprint density at radius 3 is 2.83 bits per heavy atom. The van der Waals surface area contributed by atoms with Crippen molar-refractivity contribution in [2.75, 3.05) is 6.54 Å². The van der Waals surface area contributed by atoms with E-state index in [1.165, 1.54) is 24.1 Å². The first-order chi connectivity index (χ1) is 11.1. The molecular formula is C17H17Cl2N3O. The first-order valence-corrected chi connectivity index (χ1v) is 8.59.